The van der Waals surface area contributed by atoms with Crippen molar-refractivity contribution in [3.05, 3.63) is 30.1 Å². The molecular weight excluding hydrogens is 339 g/mol. The Bertz CT molecular complexity index is 670. The van der Waals surface area contributed by atoms with Gasteiger partial charge in [-0.05, 0) is 25.0 Å². The highest BCUT2D eigenvalue weighted by molar-refractivity contribution is 6.05. The number of benzene rings is 1. The predicted molar refractivity (Wildman–Crippen MR) is 91.7 cm³/mol. The van der Waals surface area contributed by atoms with E-state index >= 15 is 0 Å². The van der Waals surface area contributed by atoms with Gasteiger partial charge in [0.05, 0.1) is 18.4 Å². The minimum absolute atomic E-state index is 0.0661. The van der Waals surface area contributed by atoms with Crippen LogP contribution in [0.1, 0.15) is 32.1 Å². The van der Waals surface area contributed by atoms with Gasteiger partial charge in [0.1, 0.15) is 6.61 Å². The molecule has 1 saturated heterocycles. The molecule has 7 heteroatoms. The number of carbonyl (C=O) groups is 3. The van der Waals surface area contributed by atoms with Crippen LogP contribution in [0.2, 0.25) is 0 Å². The SMILES string of the molecule is O=C(CCN1C(=O)[C@@H]2CCCC[C@H]2C1=O)NCCOc1ccccc1F. The third-order valence-electron chi connectivity index (χ3n) is 5.01. The van der Waals surface area contributed by atoms with E-state index in [0.717, 1.165) is 25.7 Å². The van der Waals surface area contributed by atoms with Crippen LogP contribution in [0.5, 0.6) is 5.75 Å². The monoisotopic (exact) mass is 362 g/mol. The van der Waals surface area contributed by atoms with Gasteiger partial charge in [-0.1, -0.05) is 25.0 Å². The molecule has 1 N–H and O–H groups in total. The molecule has 0 aromatic heterocycles. The molecule has 1 saturated carbocycles. The number of hydrogen-bond acceptors (Lipinski definition) is 4. The van der Waals surface area contributed by atoms with Gasteiger partial charge < -0.3 is 10.1 Å². The summed E-state index contributed by atoms with van der Waals surface area (Å²) in [7, 11) is 0. The number of ether oxygens (including phenoxy) is 1. The van der Waals surface area contributed by atoms with Crippen LogP contribution in [0.4, 0.5) is 4.39 Å². The molecule has 0 unspecified atom stereocenters. The number of likely N-dealkylation sites (tertiary alicyclic amines) is 1. The molecule has 1 heterocycles. The van der Waals surface area contributed by atoms with Gasteiger partial charge in [0.2, 0.25) is 17.7 Å². The number of rotatable bonds is 7. The fourth-order valence-electron chi connectivity index (χ4n) is 3.67. The second kappa shape index (κ2) is 8.29. The van der Waals surface area contributed by atoms with Gasteiger partial charge in [0, 0.05) is 13.0 Å². The summed E-state index contributed by atoms with van der Waals surface area (Å²) in [6, 6.07) is 6.05. The number of imide groups is 1. The van der Waals surface area contributed by atoms with E-state index in [-0.39, 0.29) is 61.4 Å². The largest absolute Gasteiger partial charge is 0.489 e. The highest BCUT2D eigenvalue weighted by atomic mass is 19.1. The lowest BCUT2D eigenvalue weighted by molar-refractivity contribution is -0.140. The Hall–Kier alpha value is -2.44. The van der Waals surface area contributed by atoms with E-state index in [1.807, 2.05) is 0 Å². The summed E-state index contributed by atoms with van der Waals surface area (Å²) >= 11 is 0. The average molecular weight is 362 g/mol. The zero-order valence-electron chi connectivity index (χ0n) is 14.6. The molecule has 0 radical (unpaired) electrons. The van der Waals surface area contributed by atoms with E-state index in [0.29, 0.717) is 0 Å². The number of para-hydroxylation sites is 1. The maximum Gasteiger partial charge on any atom is 0.233 e. The fraction of sp³-hybridized carbons (Fsp3) is 0.526. The lowest BCUT2D eigenvalue weighted by Gasteiger charge is -2.19. The zero-order valence-corrected chi connectivity index (χ0v) is 14.6. The van der Waals surface area contributed by atoms with Crippen LogP contribution in [0.3, 0.4) is 0 Å². The summed E-state index contributed by atoms with van der Waals surface area (Å²) in [5.41, 5.74) is 0. The maximum absolute atomic E-state index is 13.4. The Morgan fingerprint density at radius 2 is 1.81 bits per heavy atom. The molecule has 2 atom stereocenters. The van der Waals surface area contributed by atoms with E-state index in [1.165, 1.54) is 17.0 Å². The van der Waals surface area contributed by atoms with Crippen molar-refractivity contribution in [2.24, 2.45) is 11.8 Å². The van der Waals surface area contributed by atoms with Crippen molar-refractivity contribution in [3.63, 3.8) is 0 Å². The van der Waals surface area contributed by atoms with Crippen molar-refractivity contribution < 1.29 is 23.5 Å². The van der Waals surface area contributed by atoms with E-state index in [9.17, 15) is 18.8 Å². The Balaban J connectivity index is 1.38. The summed E-state index contributed by atoms with van der Waals surface area (Å²) in [5, 5.41) is 2.65. The molecule has 2 fully saturated rings. The normalized spacial score (nSPS) is 22.3. The maximum atomic E-state index is 13.4. The third-order valence-corrected chi connectivity index (χ3v) is 5.01. The molecule has 140 valence electrons. The lowest BCUT2D eigenvalue weighted by atomic mass is 9.81. The Morgan fingerprint density at radius 3 is 2.46 bits per heavy atom. The number of halogens is 1. The molecular formula is C19H23FN2O4. The summed E-state index contributed by atoms with van der Waals surface area (Å²) in [6.07, 6.45) is 3.57. The second-order valence-electron chi connectivity index (χ2n) is 6.70. The van der Waals surface area contributed by atoms with Crippen molar-refractivity contribution in [1.82, 2.24) is 10.2 Å². The van der Waals surface area contributed by atoms with Crippen molar-refractivity contribution in [3.8, 4) is 5.75 Å². The molecule has 3 rings (SSSR count). The highest BCUT2D eigenvalue weighted by Crippen LogP contribution is 2.37. The van der Waals surface area contributed by atoms with Crippen LogP contribution in [-0.4, -0.2) is 42.3 Å². The van der Waals surface area contributed by atoms with Gasteiger partial charge in [0.25, 0.3) is 0 Å². The summed E-state index contributed by atoms with van der Waals surface area (Å²) < 4.78 is 18.6. The van der Waals surface area contributed by atoms with Crippen molar-refractivity contribution in [2.45, 2.75) is 32.1 Å². The Morgan fingerprint density at radius 1 is 1.15 bits per heavy atom. The van der Waals surface area contributed by atoms with Crippen molar-refractivity contribution in [2.75, 3.05) is 19.7 Å². The van der Waals surface area contributed by atoms with Gasteiger partial charge in [-0.25, -0.2) is 4.39 Å². The molecule has 0 spiro atoms. The Labute approximate surface area is 151 Å². The minimum Gasteiger partial charge on any atom is -0.489 e. The van der Waals surface area contributed by atoms with Crippen LogP contribution < -0.4 is 10.1 Å². The number of fused-ring (bicyclic) bond motifs is 1. The van der Waals surface area contributed by atoms with Crippen LogP contribution in [0, 0.1) is 17.7 Å². The zero-order chi connectivity index (χ0) is 18.5. The van der Waals surface area contributed by atoms with E-state index in [4.69, 9.17) is 4.74 Å². The lowest BCUT2D eigenvalue weighted by Crippen LogP contribution is -2.36. The quantitative estimate of drug-likeness (QED) is 0.594. The summed E-state index contributed by atoms with van der Waals surface area (Å²) in [6.45, 7) is 0.476. The van der Waals surface area contributed by atoms with Gasteiger partial charge in [-0.15, -0.1) is 0 Å². The first-order valence-corrected chi connectivity index (χ1v) is 9.07. The van der Waals surface area contributed by atoms with Crippen LogP contribution in [-0.2, 0) is 14.4 Å². The van der Waals surface area contributed by atoms with Gasteiger partial charge in [-0.3, -0.25) is 19.3 Å². The molecule has 1 aromatic rings. The first-order chi connectivity index (χ1) is 12.6. The smallest absolute Gasteiger partial charge is 0.233 e. The van der Waals surface area contributed by atoms with Gasteiger partial charge in [-0.2, -0.15) is 0 Å². The average Bonchev–Trinajstić information content (AvgIpc) is 2.89. The molecule has 1 aliphatic heterocycles. The molecule has 26 heavy (non-hydrogen) atoms. The van der Waals surface area contributed by atoms with Crippen molar-refractivity contribution >= 4 is 17.7 Å². The fourth-order valence-corrected chi connectivity index (χ4v) is 3.67. The second-order valence-corrected chi connectivity index (χ2v) is 6.70. The highest BCUT2D eigenvalue weighted by Gasteiger charge is 2.47. The van der Waals surface area contributed by atoms with Crippen LogP contribution in [0.25, 0.3) is 0 Å². The summed E-state index contributed by atoms with van der Waals surface area (Å²) in [4.78, 5) is 37.8. The van der Waals surface area contributed by atoms with Gasteiger partial charge >= 0.3 is 0 Å². The number of nitrogens with one attached hydrogen (secondary N) is 1. The minimum atomic E-state index is -0.452. The number of hydrogen-bond donors (Lipinski definition) is 1. The third kappa shape index (κ3) is 4.03. The van der Waals surface area contributed by atoms with E-state index in [1.54, 1.807) is 12.1 Å². The van der Waals surface area contributed by atoms with Crippen LogP contribution in [0.15, 0.2) is 24.3 Å². The molecule has 1 aromatic carbocycles. The standard InChI is InChI=1S/C19H23FN2O4/c20-15-7-3-4-8-16(15)26-12-10-21-17(23)9-11-22-18(24)13-5-1-2-6-14(13)19(22)25/h3-4,7-8,13-14H,1-2,5-6,9-12H2,(H,21,23)/t13-,14-/m1/s1. The van der Waals surface area contributed by atoms with Crippen molar-refractivity contribution in [1.29, 1.82) is 0 Å². The predicted octanol–water partition coefficient (Wildman–Crippen LogP) is 1.89. The first kappa shape index (κ1) is 18.4. The van der Waals surface area contributed by atoms with E-state index in [2.05, 4.69) is 5.32 Å². The number of amides is 3. The summed E-state index contributed by atoms with van der Waals surface area (Å²) in [5.74, 6) is -1.21. The first-order valence-electron chi connectivity index (χ1n) is 9.07. The molecule has 3 amide bonds. The molecule has 0 bridgehead atoms. The topological polar surface area (TPSA) is 75.7 Å². The number of carbonyl (C=O) groups excluding carboxylic acids is 3. The van der Waals surface area contributed by atoms with E-state index < -0.39 is 5.82 Å². The molecule has 6 nitrogen and oxygen atoms in total. The number of nitrogens with zero attached hydrogens (tertiary/aromatic N) is 1. The Kier molecular flexibility index (Phi) is 5.85. The van der Waals surface area contributed by atoms with Crippen LogP contribution >= 0.6 is 0 Å². The van der Waals surface area contributed by atoms with Gasteiger partial charge in [0.15, 0.2) is 11.6 Å². The molecule has 2 aliphatic rings. The molecule has 1 aliphatic carbocycles.